The van der Waals surface area contributed by atoms with Gasteiger partial charge in [0, 0.05) is 0 Å². The van der Waals surface area contributed by atoms with Crippen LogP contribution in [0.1, 0.15) is 21.9 Å². The topological polar surface area (TPSA) is 107 Å². The van der Waals surface area contributed by atoms with Crippen LogP contribution in [0.25, 0.3) is 17.3 Å². The number of aromatic nitrogens is 4. The second kappa shape index (κ2) is 7.71. The summed E-state index contributed by atoms with van der Waals surface area (Å²) >= 11 is 1.07. The molecular formula is C18H11F3N4O4S. The normalized spacial score (nSPS) is 11.7. The Labute approximate surface area is 170 Å². The molecule has 0 fully saturated rings. The lowest BCUT2D eigenvalue weighted by Crippen LogP contribution is -2.07. The van der Waals surface area contributed by atoms with Crippen molar-refractivity contribution < 1.29 is 31.9 Å². The summed E-state index contributed by atoms with van der Waals surface area (Å²) < 4.78 is 51.4. The van der Waals surface area contributed by atoms with Crippen LogP contribution >= 0.6 is 11.8 Å². The minimum absolute atomic E-state index is 0.0858. The Hall–Kier alpha value is -3.54. The zero-order valence-electron chi connectivity index (χ0n) is 14.8. The van der Waals surface area contributed by atoms with Crippen molar-refractivity contribution in [2.24, 2.45) is 0 Å². The first kappa shape index (κ1) is 19.8. The molecule has 0 bridgehead atoms. The molecule has 0 saturated carbocycles. The first-order valence-corrected chi connectivity index (χ1v) is 9.29. The molecule has 1 N–H and O–H groups in total. The zero-order valence-corrected chi connectivity index (χ0v) is 15.6. The monoisotopic (exact) mass is 436 g/mol. The number of aromatic carboxylic acids is 1. The lowest BCUT2D eigenvalue weighted by Gasteiger charge is -2.12. The average Bonchev–Trinajstić information content (AvgIpc) is 3.45. The minimum Gasteiger partial charge on any atom is -0.476 e. The number of oxazole rings is 1. The fourth-order valence-electron chi connectivity index (χ4n) is 2.58. The van der Waals surface area contributed by atoms with E-state index in [0.717, 1.165) is 30.2 Å². The second-order valence-electron chi connectivity index (χ2n) is 5.89. The molecule has 0 unspecified atom stereocenters. The highest BCUT2D eigenvalue weighted by Gasteiger charge is 2.31. The standard InChI is InChI=1S/C18H11F3N4O4S/c19-18(20,21)10-3-1-4-11(7-10)25-15(13-5-2-6-28-13)23-24-17(25)30-9-14-22-12(8-29-14)16(26)27/h1-8H,9H2,(H,26,27). The molecule has 3 heterocycles. The number of benzene rings is 1. The van der Waals surface area contributed by atoms with Crippen LogP contribution in [0.5, 0.6) is 0 Å². The SMILES string of the molecule is O=C(O)c1coc(CSc2nnc(-c3ccco3)n2-c2cccc(C(F)(F)F)c2)n1. The molecule has 0 saturated heterocycles. The molecule has 0 aliphatic rings. The minimum atomic E-state index is -4.52. The maximum absolute atomic E-state index is 13.2. The Morgan fingerprint density at radius 3 is 2.67 bits per heavy atom. The Bertz CT molecular complexity index is 1180. The van der Waals surface area contributed by atoms with Gasteiger partial charge in [-0.15, -0.1) is 10.2 Å². The summed E-state index contributed by atoms with van der Waals surface area (Å²) in [5.74, 6) is -0.503. The molecule has 154 valence electrons. The van der Waals surface area contributed by atoms with E-state index in [1.54, 1.807) is 12.1 Å². The van der Waals surface area contributed by atoms with E-state index in [4.69, 9.17) is 13.9 Å². The van der Waals surface area contributed by atoms with Crippen molar-refractivity contribution in [3.8, 4) is 17.3 Å². The zero-order chi connectivity index (χ0) is 21.3. The highest BCUT2D eigenvalue weighted by Crippen LogP contribution is 2.34. The predicted molar refractivity (Wildman–Crippen MR) is 97.1 cm³/mol. The average molecular weight is 436 g/mol. The fraction of sp³-hybridized carbons (Fsp3) is 0.111. The van der Waals surface area contributed by atoms with E-state index in [1.807, 2.05) is 0 Å². The molecule has 0 aliphatic heterocycles. The fourth-order valence-corrected chi connectivity index (χ4v) is 3.39. The molecule has 3 aromatic heterocycles. The number of halogens is 3. The van der Waals surface area contributed by atoms with Gasteiger partial charge in [-0.1, -0.05) is 17.8 Å². The van der Waals surface area contributed by atoms with Gasteiger partial charge in [-0.3, -0.25) is 4.57 Å². The van der Waals surface area contributed by atoms with Crippen LogP contribution < -0.4 is 0 Å². The van der Waals surface area contributed by atoms with Gasteiger partial charge in [0.2, 0.25) is 11.7 Å². The molecular weight excluding hydrogens is 425 g/mol. The largest absolute Gasteiger partial charge is 0.476 e. The van der Waals surface area contributed by atoms with E-state index in [9.17, 15) is 18.0 Å². The van der Waals surface area contributed by atoms with Crippen molar-refractivity contribution in [1.29, 1.82) is 0 Å². The van der Waals surface area contributed by atoms with E-state index in [0.29, 0.717) is 5.76 Å². The molecule has 12 heteroatoms. The number of hydrogen-bond donors (Lipinski definition) is 1. The number of carboxylic acids is 1. The van der Waals surface area contributed by atoms with Gasteiger partial charge in [0.1, 0.15) is 6.26 Å². The van der Waals surface area contributed by atoms with Gasteiger partial charge >= 0.3 is 12.1 Å². The highest BCUT2D eigenvalue weighted by atomic mass is 32.2. The van der Waals surface area contributed by atoms with Crippen LogP contribution in [0, 0.1) is 0 Å². The molecule has 0 atom stereocenters. The van der Waals surface area contributed by atoms with E-state index in [1.165, 1.54) is 23.0 Å². The molecule has 0 amide bonds. The number of nitrogens with zero attached hydrogens (tertiary/aromatic N) is 4. The van der Waals surface area contributed by atoms with Crippen LogP contribution in [0.4, 0.5) is 13.2 Å². The van der Waals surface area contributed by atoms with Crippen LogP contribution in [-0.2, 0) is 11.9 Å². The number of carboxylic acid groups (broad SMARTS) is 1. The van der Waals surface area contributed by atoms with Crippen molar-refractivity contribution in [3.63, 3.8) is 0 Å². The molecule has 30 heavy (non-hydrogen) atoms. The van der Waals surface area contributed by atoms with Crippen LogP contribution in [0.15, 0.2) is 62.9 Å². The van der Waals surface area contributed by atoms with E-state index in [-0.39, 0.29) is 34.0 Å². The highest BCUT2D eigenvalue weighted by molar-refractivity contribution is 7.98. The Kier molecular flexibility index (Phi) is 5.08. The third kappa shape index (κ3) is 3.94. The number of thioether (sulfide) groups is 1. The van der Waals surface area contributed by atoms with Crippen molar-refractivity contribution in [3.05, 3.63) is 66.1 Å². The number of furan rings is 1. The van der Waals surface area contributed by atoms with Crippen molar-refractivity contribution in [2.45, 2.75) is 17.1 Å². The Morgan fingerprint density at radius 2 is 2.00 bits per heavy atom. The maximum Gasteiger partial charge on any atom is 0.416 e. The summed E-state index contributed by atoms with van der Waals surface area (Å²) in [6, 6.07) is 7.94. The first-order valence-electron chi connectivity index (χ1n) is 8.30. The smallest absolute Gasteiger partial charge is 0.416 e. The van der Waals surface area contributed by atoms with Gasteiger partial charge in [0.15, 0.2) is 16.6 Å². The molecule has 0 radical (unpaired) electrons. The van der Waals surface area contributed by atoms with Gasteiger partial charge in [-0.05, 0) is 30.3 Å². The summed E-state index contributed by atoms with van der Waals surface area (Å²) in [7, 11) is 0. The van der Waals surface area contributed by atoms with Crippen LogP contribution in [0.3, 0.4) is 0 Å². The molecule has 0 spiro atoms. The maximum atomic E-state index is 13.2. The summed E-state index contributed by atoms with van der Waals surface area (Å²) in [6.45, 7) is 0. The third-order valence-electron chi connectivity index (χ3n) is 3.90. The van der Waals surface area contributed by atoms with Crippen molar-refractivity contribution >= 4 is 17.7 Å². The summed E-state index contributed by atoms with van der Waals surface area (Å²) in [4.78, 5) is 14.7. The first-order chi connectivity index (χ1) is 14.3. The quantitative estimate of drug-likeness (QED) is 0.440. The number of carbonyl (C=O) groups is 1. The summed E-state index contributed by atoms with van der Waals surface area (Å²) in [6.07, 6.45) is -2.11. The number of rotatable bonds is 6. The van der Waals surface area contributed by atoms with Gasteiger partial charge in [-0.2, -0.15) is 13.2 Å². The second-order valence-corrected chi connectivity index (χ2v) is 6.83. The van der Waals surface area contributed by atoms with E-state index < -0.39 is 17.7 Å². The Balaban J connectivity index is 1.72. The van der Waals surface area contributed by atoms with Gasteiger partial charge in [-0.25, -0.2) is 9.78 Å². The molecule has 4 rings (SSSR count). The molecule has 4 aromatic rings. The molecule has 8 nitrogen and oxygen atoms in total. The van der Waals surface area contributed by atoms with Crippen molar-refractivity contribution in [1.82, 2.24) is 19.7 Å². The molecule has 1 aromatic carbocycles. The van der Waals surface area contributed by atoms with Gasteiger partial charge in [0.05, 0.1) is 23.3 Å². The summed E-state index contributed by atoms with van der Waals surface area (Å²) in [5.41, 5.74) is -0.891. The lowest BCUT2D eigenvalue weighted by molar-refractivity contribution is -0.137. The third-order valence-corrected chi connectivity index (χ3v) is 4.82. The predicted octanol–water partition coefficient (Wildman–Crippen LogP) is 4.52. The van der Waals surface area contributed by atoms with Crippen LogP contribution in [0.2, 0.25) is 0 Å². The van der Waals surface area contributed by atoms with E-state index in [2.05, 4.69) is 15.2 Å². The lowest BCUT2D eigenvalue weighted by atomic mass is 10.2. The van der Waals surface area contributed by atoms with Gasteiger partial charge in [0.25, 0.3) is 0 Å². The number of alkyl halides is 3. The van der Waals surface area contributed by atoms with Crippen LogP contribution in [-0.4, -0.2) is 30.8 Å². The van der Waals surface area contributed by atoms with Crippen molar-refractivity contribution in [2.75, 3.05) is 0 Å². The van der Waals surface area contributed by atoms with Gasteiger partial charge < -0.3 is 13.9 Å². The number of hydrogen-bond acceptors (Lipinski definition) is 7. The summed E-state index contributed by atoms with van der Waals surface area (Å²) in [5, 5.41) is 17.3. The molecule has 0 aliphatic carbocycles. The Morgan fingerprint density at radius 1 is 1.17 bits per heavy atom. The van der Waals surface area contributed by atoms with E-state index >= 15 is 0 Å².